The van der Waals surface area contributed by atoms with Gasteiger partial charge < -0.3 is 0 Å². The zero-order valence-electron chi connectivity index (χ0n) is 9.16. The number of nitrogens with zero attached hydrogens (tertiary/aromatic N) is 1. The van der Waals surface area contributed by atoms with Gasteiger partial charge in [0, 0.05) is 22.7 Å². The van der Waals surface area contributed by atoms with E-state index in [1.165, 1.54) is 12.3 Å². The van der Waals surface area contributed by atoms with Crippen LogP contribution in [0.15, 0.2) is 36.7 Å². The minimum atomic E-state index is -0.632. The lowest BCUT2D eigenvalue weighted by atomic mass is 10.0. The number of carbonyl (C=O) groups excluding carboxylic acids is 1. The predicted octanol–water partition coefficient (Wildman–Crippen LogP) is 3.95. The van der Waals surface area contributed by atoms with Gasteiger partial charge in [-0.15, -0.1) is 0 Å². The number of hydrogen-bond donors (Lipinski definition) is 0. The van der Waals surface area contributed by atoms with E-state index in [1.807, 2.05) is 0 Å². The van der Waals surface area contributed by atoms with Gasteiger partial charge in [0.25, 0.3) is 0 Å². The van der Waals surface area contributed by atoms with Gasteiger partial charge in [0.05, 0.1) is 11.8 Å². The molecule has 1 aromatic heterocycles. The van der Waals surface area contributed by atoms with Crippen LogP contribution < -0.4 is 0 Å². The fourth-order valence-electron chi connectivity index (χ4n) is 1.53. The van der Waals surface area contributed by atoms with Crippen molar-refractivity contribution in [2.45, 2.75) is 6.42 Å². The Morgan fingerprint density at radius 2 is 2.06 bits per heavy atom. The van der Waals surface area contributed by atoms with E-state index in [2.05, 4.69) is 4.98 Å². The van der Waals surface area contributed by atoms with E-state index < -0.39 is 5.82 Å². The third kappa shape index (κ3) is 2.86. The summed E-state index contributed by atoms with van der Waals surface area (Å²) in [4.78, 5) is 15.5. The first-order chi connectivity index (χ1) is 8.58. The lowest BCUT2D eigenvalue weighted by molar-refractivity contribution is 0.0989. The molecular weight excluding hydrogens is 276 g/mol. The Bertz CT molecular complexity index is 601. The second-order valence-corrected chi connectivity index (χ2v) is 4.53. The van der Waals surface area contributed by atoms with Gasteiger partial charge in [0.1, 0.15) is 0 Å². The van der Waals surface area contributed by atoms with Gasteiger partial charge in [-0.1, -0.05) is 29.3 Å². The zero-order valence-corrected chi connectivity index (χ0v) is 10.7. The van der Waals surface area contributed by atoms with Gasteiger partial charge in [0.15, 0.2) is 11.6 Å². The largest absolute Gasteiger partial charge is 0.294 e. The van der Waals surface area contributed by atoms with Crippen LogP contribution in [0.25, 0.3) is 0 Å². The fraction of sp³-hybridized carbons (Fsp3) is 0.0769. The molecule has 0 bridgehead atoms. The van der Waals surface area contributed by atoms with E-state index in [1.54, 1.807) is 18.2 Å². The first-order valence-corrected chi connectivity index (χ1v) is 5.90. The SMILES string of the molecule is O=C(Cc1ccc(Cl)cc1Cl)c1ccncc1F. The average Bonchev–Trinajstić information content (AvgIpc) is 2.33. The number of benzene rings is 1. The van der Waals surface area contributed by atoms with Crippen molar-refractivity contribution >= 4 is 29.0 Å². The number of Topliss-reactive ketones (excluding diaryl/α,β-unsaturated/α-hetero) is 1. The third-order valence-electron chi connectivity index (χ3n) is 2.44. The van der Waals surface area contributed by atoms with E-state index in [-0.39, 0.29) is 17.8 Å². The third-order valence-corrected chi connectivity index (χ3v) is 3.03. The molecule has 0 aliphatic heterocycles. The highest BCUT2D eigenvalue weighted by atomic mass is 35.5. The van der Waals surface area contributed by atoms with Gasteiger partial charge >= 0.3 is 0 Å². The van der Waals surface area contributed by atoms with E-state index in [9.17, 15) is 9.18 Å². The maximum atomic E-state index is 13.4. The predicted molar refractivity (Wildman–Crippen MR) is 68.7 cm³/mol. The highest BCUT2D eigenvalue weighted by Gasteiger charge is 2.13. The summed E-state index contributed by atoms with van der Waals surface area (Å²) in [6, 6.07) is 6.19. The van der Waals surface area contributed by atoms with Crippen LogP contribution in [0.3, 0.4) is 0 Å². The number of hydrogen-bond acceptors (Lipinski definition) is 2. The number of pyridine rings is 1. The Balaban J connectivity index is 2.24. The highest BCUT2D eigenvalue weighted by molar-refractivity contribution is 6.35. The van der Waals surface area contributed by atoms with Crippen molar-refractivity contribution in [1.82, 2.24) is 4.98 Å². The van der Waals surface area contributed by atoms with Crippen molar-refractivity contribution in [3.05, 3.63) is 63.6 Å². The standard InChI is InChI=1S/C13H8Cl2FNO/c14-9-2-1-8(11(15)6-9)5-13(18)10-3-4-17-7-12(10)16/h1-4,6-7H,5H2. The Morgan fingerprint density at radius 1 is 1.28 bits per heavy atom. The smallest absolute Gasteiger partial charge is 0.170 e. The zero-order chi connectivity index (χ0) is 13.1. The molecule has 0 spiro atoms. The molecule has 0 fully saturated rings. The molecule has 1 heterocycles. The molecule has 0 aliphatic carbocycles. The summed E-state index contributed by atoms with van der Waals surface area (Å²) in [7, 11) is 0. The van der Waals surface area contributed by atoms with E-state index in [0.717, 1.165) is 6.20 Å². The summed E-state index contributed by atoms with van der Waals surface area (Å²) in [5.74, 6) is -0.980. The molecule has 18 heavy (non-hydrogen) atoms. The molecule has 5 heteroatoms. The molecule has 1 aromatic carbocycles. The fourth-order valence-corrected chi connectivity index (χ4v) is 2.01. The molecule has 0 aliphatic rings. The Hall–Kier alpha value is -1.45. The molecule has 92 valence electrons. The number of aromatic nitrogens is 1. The summed E-state index contributed by atoms with van der Waals surface area (Å²) >= 11 is 11.7. The van der Waals surface area contributed by atoms with Gasteiger partial charge in [0.2, 0.25) is 0 Å². The van der Waals surface area contributed by atoms with Crippen LogP contribution in [0.1, 0.15) is 15.9 Å². The quantitative estimate of drug-likeness (QED) is 0.799. The van der Waals surface area contributed by atoms with E-state index in [0.29, 0.717) is 15.6 Å². The summed E-state index contributed by atoms with van der Waals surface area (Å²) in [5, 5.41) is 0.886. The van der Waals surface area contributed by atoms with Crippen LogP contribution in [-0.2, 0) is 6.42 Å². The Kier molecular flexibility index (Phi) is 3.94. The highest BCUT2D eigenvalue weighted by Crippen LogP contribution is 2.22. The average molecular weight is 284 g/mol. The minimum absolute atomic E-state index is 0.0102. The number of halogens is 3. The number of rotatable bonds is 3. The first kappa shape index (κ1) is 13.0. The van der Waals surface area contributed by atoms with Gasteiger partial charge in [-0.05, 0) is 23.8 Å². The van der Waals surface area contributed by atoms with Crippen LogP contribution in [0, 0.1) is 5.82 Å². The van der Waals surface area contributed by atoms with Crippen molar-refractivity contribution in [3.63, 3.8) is 0 Å². The lowest BCUT2D eigenvalue weighted by Crippen LogP contribution is -2.06. The molecule has 2 aromatic rings. The minimum Gasteiger partial charge on any atom is -0.294 e. The number of ketones is 1. The molecule has 2 rings (SSSR count). The van der Waals surface area contributed by atoms with Crippen molar-refractivity contribution in [3.8, 4) is 0 Å². The Morgan fingerprint density at radius 3 is 2.72 bits per heavy atom. The van der Waals surface area contributed by atoms with Gasteiger partial charge in [-0.25, -0.2) is 4.39 Å². The van der Waals surface area contributed by atoms with Crippen molar-refractivity contribution in [2.75, 3.05) is 0 Å². The summed E-state index contributed by atoms with van der Waals surface area (Å²) in [6.07, 6.45) is 2.41. The molecule has 0 atom stereocenters. The van der Waals surface area contributed by atoms with Crippen LogP contribution in [-0.4, -0.2) is 10.8 Å². The summed E-state index contributed by atoms with van der Waals surface area (Å²) in [5.41, 5.74) is 0.623. The topological polar surface area (TPSA) is 30.0 Å². The van der Waals surface area contributed by atoms with E-state index >= 15 is 0 Å². The maximum Gasteiger partial charge on any atom is 0.170 e. The summed E-state index contributed by atoms with van der Waals surface area (Å²) in [6.45, 7) is 0. The molecule has 0 radical (unpaired) electrons. The normalized spacial score (nSPS) is 10.4. The van der Waals surface area contributed by atoms with E-state index in [4.69, 9.17) is 23.2 Å². The van der Waals surface area contributed by atoms with Crippen molar-refractivity contribution in [1.29, 1.82) is 0 Å². The van der Waals surface area contributed by atoms with Crippen LogP contribution in [0.4, 0.5) is 4.39 Å². The molecule has 0 unspecified atom stereocenters. The van der Waals surface area contributed by atoms with Crippen LogP contribution in [0.5, 0.6) is 0 Å². The monoisotopic (exact) mass is 283 g/mol. The lowest BCUT2D eigenvalue weighted by Gasteiger charge is -2.05. The summed E-state index contributed by atoms with van der Waals surface area (Å²) < 4.78 is 13.4. The van der Waals surface area contributed by atoms with Crippen LogP contribution in [0.2, 0.25) is 10.0 Å². The molecular formula is C13H8Cl2FNO. The van der Waals surface area contributed by atoms with Crippen molar-refractivity contribution < 1.29 is 9.18 Å². The Labute approximate surface area is 113 Å². The number of carbonyl (C=O) groups is 1. The molecule has 0 N–H and O–H groups in total. The molecule has 0 amide bonds. The maximum absolute atomic E-state index is 13.4. The second kappa shape index (κ2) is 5.46. The molecule has 0 saturated heterocycles. The van der Waals surface area contributed by atoms with Gasteiger partial charge in [-0.3, -0.25) is 9.78 Å². The van der Waals surface area contributed by atoms with Crippen LogP contribution >= 0.6 is 23.2 Å². The second-order valence-electron chi connectivity index (χ2n) is 3.69. The molecule has 0 saturated carbocycles. The van der Waals surface area contributed by atoms with Crippen molar-refractivity contribution in [2.24, 2.45) is 0 Å². The first-order valence-electron chi connectivity index (χ1n) is 5.14. The molecule has 2 nitrogen and oxygen atoms in total. The van der Waals surface area contributed by atoms with Gasteiger partial charge in [-0.2, -0.15) is 0 Å².